The summed E-state index contributed by atoms with van der Waals surface area (Å²) < 4.78 is 6.76. The molecule has 0 aliphatic heterocycles. The molecule has 0 atom stereocenters. The highest BCUT2D eigenvalue weighted by Gasteiger charge is 2.06. The Kier molecular flexibility index (Phi) is 4.86. The van der Waals surface area contributed by atoms with E-state index in [-0.39, 0.29) is 0 Å². The van der Waals surface area contributed by atoms with Crippen LogP contribution in [0.1, 0.15) is 11.1 Å². The fraction of sp³-hybridized carbons (Fsp3) is 0.200. The summed E-state index contributed by atoms with van der Waals surface area (Å²) in [6.45, 7) is 2.78. The predicted octanol–water partition coefficient (Wildman–Crippen LogP) is 4.92. The third-order valence-corrected chi connectivity index (χ3v) is 3.68. The highest BCUT2D eigenvalue weighted by Crippen LogP contribution is 2.32. The standard InChI is InChI=1S/C15H15BrClNO/c1-10-3-6-15(13(16)7-10)19-12-5-4-11(9-18-2)14(17)8-12/h3-8,18H,9H2,1-2H3. The minimum Gasteiger partial charge on any atom is -0.456 e. The molecule has 2 rings (SSSR count). The number of hydrogen-bond acceptors (Lipinski definition) is 2. The van der Waals surface area contributed by atoms with Gasteiger partial charge in [-0.05, 0) is 65.3 Å². The van der Waals surface area contributed by atoms with Crippen LogP contribution in [0.25, 0.3) is 0 Å². The average Bonchev–Trinajstić information content (AvgIpc) is 2.36. The van der Waals surface area contributed by atoms with Gasteiger partial charge in [0.2, 0.25) is 0 Å². The van der Waals surface area contributed by atoms with E-state index in [1.807, 2.05) is 50.4 Å². The zero-order valence-corrected chi connectivity index (χ0v) is 13.2. The molecule has 0 bridgehead atoms. The molecular weight excluding hydrogens is 326 g/mol. The van der Waals surface area contributed by atoms with Crippen molar-refractivity contribution in [3.8, 4) is 11.5 Å². The second-order valence-corrected chi connectivity index (χ2v) is 5.58. The predicted molar refractivity (Wildman–Crippen MR) is 83.2 cm³/mol. The molecule has 4 heteroatoms. The monoisotopic (exact) mass is 339 g/mol. The van der Waals surface area contributed by atoms with Gasteiger partial charge in [-0.3, -0.25) is 0 Å². The first-order valence-corrected chi connectivity index (χ1v) is 7.14. The molecule has 0 amide bonds. The van der Waals surface area contributed by atoms with Gasteiger partial charge >= 0.3 is 0 Å². The molecule has 100 valence electrons. The van der Waals surface area contributed by atoms with Crippen LogP contribution in [0.15, 0.2) is 40.9 Å². The fourth-order valence-corrected chi connectivity index (χ4v) is 2.55. The van der Waals surface area contributed by atoms with Gasteiger partial charge in [-0.25, -0.2) is 0 Å². The number of hydrogen-bond donors (Lipinski definition) is 1. The lowest BCUT2D eigenvalue weighted by Gasteiger charge is -2.10. The van der Waals surface area contributed by atoms with E-state index in [1.54, 1.807) is 0 Å². The number of benzene rings is 2. The van der Waals surface area contributed by atoms with Crippen molar-refractivity contribution in [3.05, 3.63) is 57.0 Å². The summed E-state index contributed by atoms with van der Waals surface area (Å²) >= 11 is 9.70. The summed E-state index contributed by atoms with van der Waals surface area (Å²) in [6, 6.07) is 11.7. The van der Waals surface area contributed by atoms with Crippen LogP contribution in [-0.2, 0) is 6.54 Å². The van der Waals surface area contributed by atoms with Crippen molar-refractivity contribution in [2.75, 3.05) is 7.05 Å². The van der Waals surface area contributed by atoms with Gasteiger partial charge in [-0.2, -0.15) is 0 Å². The molecular formula is C15H15BrClNO. The largest absolute Gasteiger partial charge is 0.456 e. The van der Waals surface area contributed by atoms with Crippen molar-refractivity contribution in [1.29, 1.82) is 0 Å². The molecule has 0 spiro atoms. The van der Waals surface area contributed by atoms with Gasteiger partial charge in [-0.15, -0.1) is 0 Å². The van der Waals surface area contributed by atoms with E-state index in [2.05, 4.69) is 21.2 Å². The first kappa shape index (κ1) is 14.4. The number of rotatable bonds is 4. The molecule has 0 saturated carbocycles. The number of ether oxygens (including phenoxy) is 1. The van der Waals surface area contributed by atoms with Crippen molar-refractivity contribution in [1.82, 2.24) is 5.32 Å². The summed E-state index contributed by atoms with van der Waals surface area (Å²) in [5.41, 5.74) is 2.24. The Morgan fingerprint density at radius 1 is 1.21 bits per heavy atom. The van der Waals surface area contributed by atoms with Crippen LogP contribution in [0.2, 0.25) is 5.02 Å². The Labute approximate surface area is 126 Å². The molecule has 0 aromatic heterocycles. The Hall–Kier alpha value is -1.03. The van der Waals surface area contributed by atoms with E-state index in [1.165, 1.54) is 5.56 Å². The summed E-state index contributed by atoms with van der Waals surface area (Å²) in [5.74, 6) is 1.51. The molecule has 2 aromatic rings. The van der Waals surface area contributed by atoms with Gasteiger partial charge in [0.25, 0.3) is 0 Å². The summed E-state index contributed by atoms with van der Waals surface area (Å²) in [5, 5.41) is 3.78. The van der Waals surface area contributed by atoms with E-state index < -0.39 is 0 Å². The highest BCUT2D eigenvalue weighted by atomic mass is 79.9. The third-order valence-electron chi connectivity index (χ3n) is 2.71. The van der Waals surface area contributed by atoms with E-state index in [9.17, 15) is 0 Å². The second kappa shape index (κ2) is 6.42. The van der Waals surface area contributed by atoms with Gasteiger partial charge in [0.05, 0.1) is 4.47 Å². The number of nitrogens with one attached hydrogen (secondary N) is 1. The van der Waals surface area contributed by atoms with Gasteiger partial charge in [0, 0.05) is 11.6 Å². The summed E-state index contributed by atoms with van der Waals surface area (Å²) in [4.78, 5) is 0. The topological polar surface area (TPSA) is 21.3 Å². The molecule has 0 aliphatic carbocycles. The van der Waals surface area contributed by atoms with Crippen LogP contribution >= 0.6 is 27.5 Å². The zero-order chi connectivity index (χ0) is 13.8. The Balaban J connectivity index is 2.21. The molecule has 0 saturated heterocycles. The molecule has 2 nitrogen and oxygen atoms in total. The van der Waals surface area contributed by atoms with E-state index >= 15 is 0 Å². The van der Waals surface area contributed by atoms with Crippen LogP contribution in [-0.4, -0.2) is 7.05 Å². The lowest BCUT2D eigenvalue weighted by atomic mass is 10.2. The number of aryl methyl sites for hydroxylation is 1. The number of halogens is 2. The SMILES string of the molecule is CNCc1ccc(Oc2ccc(C)cc2Br)cc1Cl. The molecule has 0 fully saturated rings. The Bertz CT molecular complexity index is 586. The molecule has 0 radical (unpaired) electrons. The van der Waals surface area contributed by atoms with Crippen LogP contribution in [0.5, 0.6) is 11.5 Å². The first-order chi connectivity index (χ1) is 9.10. The molecule has 1 N–H and O–H groups in total. The molecule has 0 heterocycles. The van der Waals surface area contributed by atoms with Gasteiger partial charge < -0.3 is 10.1 Å². The van der Waals surface area contributed by atoms with E-state index in [4.69, 9.17) is 16.3 Å². The lowest BCUT2D eigenvalue weighted by Crippen LogP contribution is -2.05. The molecule has 19 heavy (non-hydrogen) atoms. The molecule has 0 aliphatic rings. The van der Waals surface area contributed by atoms with Gasteiger partial charge in [0.1, 0.15) is 11.5 Å². The minimum absolute atomic E-state index is 0.704. The van der Waals surface area contributed by atoms with E-state index in [0.29, 0.717) is 5.02 Å². The molecule has 0 unspecified atom stereocenters. The van der Waals surface area contributed by atoms with Gasteiger partial charge in [-0.1, -0.05) is 23.7 Å². The van der Waals surface area contributed by atoms with Crippen LogP contribution in [0, 0.1) is 6.92 Å². The average molecular weight is 341 g/mol. The van der Waals surface area contributed by atoms with Crippen molar-refractivity contribution < 1.29 is 4.74 Å². The first-order valence-electron chi connectivity index (χ1n) is 5.97. The maximum Gasteiger partial charge on any atom is 0.141 e. The smallest absolute Gasteiger partial charge is 0.141 e. The Morgan fingerprint density at radius 3 is 2.63 bits per heavy atom. The van der Waals surface area contributed by atoms with Crippen LogP contribution in [0.3, 0.4) is 0 Å². The highest BCUT2D eigenvalue weighted by molar-refractivity contribution is 9.10. The maximum atomic E-state index is 6.21. The zero-order valence-electron chi connectivity index (χ0n) is 10.8. The normalized spacial score (nSPS) is 10.5. The van der Waals surface area contributed by atoms with Gasteiger partial charge in [0.15, 0.2) is 0 Å². The maximum absolute atomic E-state index is 6.21. The Morgan fingerprint density at radius 2 is 2.00 bits per heavy atom. The van der Waals surface area contributed by atoms with Crippen molar-refractivity contribution in [2.45, 2.75) is 13.5 Å². The van der Waals surface area contributed by atoms with Crippen LogP contribution < -0.4 is 10.1 Å². The second-order valence-electron chi connectivity index (χ2n) is 4.32. The summed E-state index contributed by atoms with van der Waals surface area (Å²) in [7, 11) is 1.89. The minimum atomic E-state index is 0.704. The fourth-order valence-electron chi connectivity index (χ4n) is 1.74. The van der Waals surface area contributed by atoms with Crippen LogP contribution in [0.4, 0.5) is 0 Å². The van der Waals surface area contributed by atoms with Crippen molar-refractivity contribution in [2.24, 2.45) is 0 Å². The lowest BCUT2D eigenvalue weighted by molar-refractivity contribution is 0.479. The van der Waals surface area contributed by atoms with E-state index in [0.717, 1.165) is 28.1 Å². The van der Waals surface area contributed by atoms with Crippen molar-refractivity contribution in [3.63, 3.8) is 0 Å². The van der Waals surface area contributed by atoms with Crippen molar-refractivity contribution >= 4 is 27.5 Å². The quantitative estimate of drug-likeness (QED) is 0.852. The molecule has 2 aromatic carbocycles. The third kappa shape index (κ3) is 3.72. The summed E-state index contributed by atoms with van der Waals surface area (Å²) in [6.07, 6.45) is 0.